The summed E-state index contributed by atoms with van der Waals surface area (Å²) >= 11 is 0. The molecule has 1 aromatic carbocycles. The molecule has 0 aromatic heterocycles. The Labute approximate surface area is 233 Å². The van der Waals surface area contributed by atoms with Gasteiger partial charge in [-0.05, 0) is 48.7 Å². The first-order valence-electron chi connectivity index (χ1n) is 13.9. The number of ether oxygens (including phenoxy) is 4. The van der Waals surface area contributed by atoms with Gasteiger partial charge in [0.15, 0.2) is 6.29 Å². The van der Waals surface area contributed by atoms with Crippen LogP contribution in [0.5, 0.6) is 0 Å². The number of rotatable bonds is 12. The fourth-order valence-electron chi connectivity index (χ4n) is 4.75. The molecule has 0 saturated carbocycles. The molecule has 2 heterocycles. The summed E-state index contributed by atoms with van der Waals surface area (Å²) in [6.45, 7) is 6.47. The van der Waals surface area contributed by atoms with E-state index < -0.39 is 6.29 Å². The average molecular weight is 543 g/mol. The van der Waals surface area contributed by atoms with Crippen LogP contribution in [0, 0.1) is 0 Å². The van der Waals surface area contributed by atoms with Crippen LogP contribution in [-0.2, 0) is 36.7 Å². The van der Waals surface area contributed by atoms with Crippen molar-refractivity contribution in [3.8, 4) is 0 Å². The topological polar surface area (TPSA) is 84.9 Å². The van der Waals surface area contributed by atoms with E-state index in [0.717, 1.165) is 45.4 Å². The molecule has 2 aliphatic rings. The number of nitrogens with zero attached hydrogens (tertiary/aromatic N) is 3. The van der Waals surface area contributed by atoms with E-state index in [1.54, 1.807) is 26.2 Å². The van der Waals surface area contributed by atoms with Gasteiger partial charge < -0.3 is 29.2 Å². The maximum Gasteiger partial charge on any atom is 0.224 e. The van der Waals surface area contributed by atoms with E-state index in [-0.39, 0.29) is 11.5 Å². The van der Waals surface area contributed by atoms with Crippen molar-refractivity contribution < 1.29 is 23.7 Å². The zero-order valence-corrected chi connectivity index (χ0v) is 23.8. The van der Waals surface area contributed by atoms with E-state index in [2.05, 4.69) is 39.5 Å². The molecule has 0 radical (unpaired) electrons. The molecule has 1 saturated heterocycles. The van der Waals surface area contributed by atoms with Crippen molar-refractivity contribution in [2.24, 2.45) is 4.99 Å². The largest absolute Gasteiger partial charge is 0.389 e. The van der Waals surface area contributed by atoms with Gasteiger partial charge in [0.25, 0.3) is 0 Å². The third kappa shape index (κ3) is 11.2. The zero-order valence-electron chi connectivity index (χ0n) is 23.8. The molecule has 3 rings (SSSR count). The second-order valence-electron chi connectivity index (χ2n) is 10.1. The Morgan fingerprint density at radius 2 is 1.95 bits per heavy atom. The molecule has 0 aliphatic carbocycles. The minimum Gasteiger partial charge on any atom is -0.389 e. The van der Waals surface area contributed by atoms with Gasteiger partial charge in [-0.3, -0.25) is 14.7 Å². The number of carbonyl (C=O) groups excluding carboxylic acids is 1. The third-order valence-electron chi connectivity index (χ3n) is 7.20. The molecule has 9 heteroatoms. The maximum absolute atomic E-state index is 12.3. The van der Waals surface area contributed by atoms with Crippen LogP contribution in [0.1, 0.15) is 30.4 Å². The molecular weight excluding hydrogens is 496 g/mol. The molecule has 0 unspecified atom stereocenters. The van der Waals surface area contributed by atoms with Crippen molar-refractivity contribution in [3.05, 3.63) is 59.8 Å². The summed E-state index contributed by atoms with van der Waals surface area (Å²) in [4.78, 5) is 21.0. The van der Waals surface area contributed by atoms with Gasteiger partial charge in [-0.25, -0.2) is 0 Å². The molecule has 0 bridgehead atoms. The first kappa shape index (κ1) is 31.0. The number of allylic oxidation sites excluding steroid dienone is 3. The van der Waals surface area contributed by atoms with Crippen molar-refractivity contribution in [3.63, 3.8) is 0 Å². The monoisotopic (exact) mass is 542 g/mol. The van der Waals surface area contributed by atoms with Gasteiger partial charge in [0.05, 0.1) is 44.9 Å². The summed E-state index contributed by atoms with van der Waals surface area (Å²) in [5.74, 6) is 0.0127. The van der Waals surface area contributed by atoms with E-state index in [4.69, 9.17) is 18.9 Å². The molecule has 1 fully saturated rings. The number of likely N-dealkylation sites (tertiary alicyclic amines) is 1. The molecule has 9 nitrogen and oxygen atoms in total. The summed E-state index contributed by atoms with van der Waals surface area (Å²) in [6.07, 6.45) is 12.4. The van der Waals surface area contributed by atoms with Crippen LogP contribution in [0.15, 0.2) is 53.7 Å². The van der Waals surface area contributed by atoms with E-state index in [1.807, 2.05) is 30.6 Å². The van der Waals surface area contributed by atoms with Gasteiger partial charge in [0.1, 0.15) is 0 Å². The number of amides is 1. The van der Waals surface area contributed by atoms with Gasteiger partial charge >= 0.3 is 0 Å². The quantitative estimate of drug-likeness (QED) is 0.321. The van der Waals surface area contributed by atoms with Crippen LogP contribution in [-0.4, -0.2) is 108 Å². The van der Waals surface area contributed by atoms with E-state index in [9.17, 15) is 4.79 Å². The molecule has 1 spiro atoms. The standard InChI is InChI=1S/C30H46N4O5/c1-33(24-29(36-2)37-3)28(35)11-20-38-19-10-26-8-7-9-27(22-26)23-34-17-12-30(13-18-34)25-32-15-6-4-5-14-31-16-21-39-30/h4-9,14-15,22,29,31H,10-13,16-21,23-25H2,1-3H3/b6-4-,14-5+,32-15?. The van der Waals surface area contributed by atoms with Gasteiger partial charge in [-0.1, -0.05) is 30.3 Å². The maximum atomic E-state index is 12.3. The summed E-state index contributed by atoms with van der Waals surface area (Å²) in [5, 5.41) is 3.27. The third-order valence-corrected chi connectivity index (χ3v) is 7.20. The predicted octanol–water partition coefficient (Wildman–Crippen LogP) is 2.81. The second kappa shape index (κ2) is 17.2. The Bertz CT molecular complexity index is 939. The van der Waals surface area contributed by atoms with E-state index in [1.165, 1.54) is 11.1 Å². The Kier molecular flexibility index (Phi) is 13.7. The first-order valence-corrected chi connectivity index (χ1v) is 13.9. The zero-order chi connectivity index (χ0) is 27.8. The van der Waals surface area contributed by atoms with Crippen LogP contribution in [0.4, 0.5) is 0 Å². The van der Waals surface area contributed by atoms with Crippen LogP contribution in [0.2, 0.25) is 0 Å². The first-order chi connectivity index (χ1) is 19.0. The lowest BCUT2D eigenvalue weighted by molar-refractivity contribution is -0.143. The number of methoxy groups -OCH3 is 2. The molecule has 1 aromatic rings. The second-order valence-corrected chi connectivity index (χ2v) is 10.1. The van der Waals surface area contributed by atoms with Crippen molar-refractivity contribution >= 4 is 12.1 Å². The smallest absolute Gasteiger partial charge is 0.224 e. The SMILES string of the molecule is COC(CN(C)C(=O)CCOCCc1cccc(CN2CCC3(CC2)CN=C/C=C\C=C\NCCO3)c1)OC. The molecule has 2 aliphatic heterocycles. The van der Waals surface area contributed by atoms with Crippen LogP contribution in [0.25, 0.3) is 0 Å². The molecule has 39 heavy (non-hydrogen) atoms. The summed E-state index contributed by atoms with van der Waals surface area (Å²) in [6, 6.07) is 8.72. The highest BCUT2D eigenvalue weighted by molar-refractivity contribution is 5.75. The normalized spacial score (nSPS) is 19.7. The molecule has 0 atom stereocenters. The lowest BCUT2D eigenvalue weighted by Gasteiger charge is -2.41. The van der Waals surface area contributed by atoms with E-state index >= 15 is 0 Å². The van der Waals surface area contributed by atoms with Crippen molar-refractivity contribution in [1.29, 1.82) is 0 Å². The summed E-state index contributed by atoms with van der Waals surface area (Å²) in [5.41, 5.74) is 2.37. The Morgan fingerprint density at radius 3 is 2.74 bits per heavy atom. The number of hydrogen-bond acceptors (Lipinski definition) is 8. The summed E-state index contributed by atoms with van der Waals surface area (Å²) < 4.78 is 22.4. The fraction of sp³-hybridized carbons (Fsp3) is 0.600. The van der Waals surface area contributed by atoms with Gasteiger partial charge in [0.2, 0.25) is 5.91 Å². The van der Waals surface area contributed by atoms with Gasteiger partial charge in [-0.15, -0.1) is 0 Å². The number of likely N-dealkylation sites (N-methyl/N-ethyl adjacent to an activating group) is 1. The molecule has 216 valence electrons. The van der Waals surface area contributed by atoms with Gasteiger partial charge in [0, 0.05) is 53.7 Å². The highest BCUT2D eigenvalue weighted by Crippen LogP contribution is 2.28. The number of carbonyl (C=O) groups is 1. The van der Waals surface area contributed by atoms with Crippen molar-refractivity contribution in [2.75, 3.05) is 73.8 Å². The Hall–Kier alpha value is -2.56. The van der Waals surface area contributed by atoms with E-state index in [0.29, 0.717) is 39.3 Å². The molecule has 1 amide bonds. The number of nitrogens with one attached hydrogen (secondary N) is 1. The molecule has 1 N–H and O–H groups in total. The number of benzene rings is 1. The van der Waals surface area contributed by atoms with Crippen LogP contribution in [0.3, 0.4) is 0 Å². The average Bonchev–Trinajstić information content (AvgIpc) is 2.94. The predicted molar refractivity (Wildman–Crippen MR) is 154 cm³/mol. The number of piperidine rings is 1. The fourth-order valence-corrected chi connectivity index (χ4v) is 4.75. The minimum atomic E-state index is -0.418. The lowest BCUT2D eigenvalue weighted by atomic mass is 9.90. The lowest BCUT2D eigenvalue weighted by Crippen LogP contribution is -2.48. The Morgan fingerprint density at radius 1 is 1.15 bits per heavy atom. The minimum absolute atomic E-state index is 0.0127. The van der Waals surface area contributed by atoms with Gasteiger partial charge in [-0.2, -0.15) is 0 Å². The molecular formula is C30H46N4O5. The Balaban J connectivity index is 1.38. The van der Waals surface area contributed by atoms with Crippen molar-refractivity contribution in [2.45, 2.75) is 44.1 Å². The van der Waals surface area contributed by atoms with Crippen LogP contribution >= 0.6 is 0 Å². The number of hydrogen-bond donors (Lipinski definition) is 1. The highest BCUT2D eigenvalue weighted by atomic mass is 16.7. The number of aliphatic imine (C=N–C) groups is 1. The van der Waals surface area contributed by atoms with Crippen molar-refractivity contribution in [1.82, 2.24) is 15.1 Å². The van der Waals surface area contributed by atoms with Crippen LogP contribution < -0.4 is 5.32 Å². The summed E-state index contributed by atoms with van der Waals surface area (Å²) in [7, 11) is 4.87. The highest BCUT2D eigenvalue weighted by Gasteiger charge is 2.35.